The van der Waals surface area contributed by atoms with E-state index in [2.05, 4.69) is 15.3 Å². The molecule has 0 atom stereocenters. The number of nitrogens with one attached hydrogen (secondary N) is 2. The fourth-order valence-electron chi connectivity index (χ4n) is 1.91. The normalized spacial score (nSPS) is 11.6. The molecule has 3 rings (SSSR count). The first-order chi connectivity index (χ1) is 7.79. The van der Waals surface area contributed by atoms with E-state index in [9.17, 15) is 0 Å². The number of H-pyrrole nitrogens is 1. The first kappa shape index (κ1) is 9.69. The monoisotopic (exact) mass is 234 g/mol. The van der Waals surface area contributed by atoms with E-state index in [0.717, 1.165) is 29.0 Å². The van der Waals surface area contributed by atoms with Crippen molar-refractivity contribution < 1.29 is 0 Å². The van der Waals surface area contributed by atoms with Crippen LogP contribution in [0.4, 0.5) is 0 Å². The van der Waals surface area contributed by atoms with Crippen LogP contribution in [0.15, 0.2) is 24.4 Å². The van der Waals surface area contributed by atoms with Crippen molar-refractivity contribution in [1.29, 1.82) is 0 Å². The van der Waals surface area contributed by atoms with Crippen molar-refractivity contribution in [3.63, 3.8) is 0 Å². The first-order valence-corrected chi connectivity index (χ1v) is 5.46. The van der Waals surface area contributed by atoms with Crippen molar-refractivity contribution in [1.82, 2.24) is 19.7 Å². The Hall–Kier alpha value is -1.52. The number of fused-ring (bicyclic) bond motifs is 3. The van der Waals surface area contributed by atoms with Crippen LogP contribution in [0.5, 0.6) is 0 Å². The van der Waals surface area contributed by atoms with Gasteiger partial charge >= 0.3 is 0 Å². The minimum Gasteiger partial charge on any atom is -0.326 e. The molecule has 0 fully saturated rings. The van der Waals surface area contributed by atoms with Gasteiger partial charge < -0.3 is 10.3 Å². The van der Waals surface area contributed by atoms with E-state index in [4.69, 9.17) is 11.6 Å². The highest BCUT2D eigenvalue weighted by molar-refractivity contribution is 6.35. The Labute approximate surface area is 97.2 Å². The van der Waals surface area contributed by atoms with E-state index in [1.165, 1.54) is 0 Å². The number of hydrogen-bond donors (Lipinski definition) is 2. The molecule has 82 valence electrons. The Balaban J connectivity index is 2.30. The van der Waals surface area contributed by atoms with Gasteiger partial charge in [0.05, 0.1) is 10.5 Å². The van der Waals surface area contributed by atoms with Crippen LogP contribution in [-0.2, 0) is 6.54 Å². The van der Waals surface area contributed by atoms with Gasteiger partial charge in [0.15, 0.2) is 0 Å². The number of aromatic nitrogens is 3. The fourth-order valence-corrected chi connectivity index (χ4v) is 2.13. The van der Waals surface area contributed by atoms with Gasteiger partial charge in [-0.3, -0.25) is 4.40 Å². The molecule has 2 heterocycles. The quantitative estimate of drug-likeness (QED) is 0.714. The second kappa shape index (κ2) is 3.50. The lowest BCUT2D eigenvalue weighted by atomic mass is 10.3. The van der Waals surface area contributed by atoms with Crippen molar-refractivity contribution in [2.24, 2.45) is 0 Å². The molecule has 0 aliphatic carbocycles. The van der Waals surface area contributed by atoms with Crippen LogP contribution in [0.3, 0.4) is 0 Å². The van der Waals surface area contributed by atoms with E-state index in [1.54, 1.807) is 0 Å². The van der Waals surface area contributed by atoms with Gasteiger partial charge in [-0.05, 0) is 19.2 Å². The number of aromatic amines is 1. The van der Waals surface area contributed by atoms with Crippen LogP contribution in [0.25, 0.3) is 16.8 Å². The molecule has 4 nitrogen and oxygen atoms in total. The maximum absolute atomic E-state index is 6.08. The molecule has 0 unspecified atom stereocenters. The maximum Gasteiger partial charge on any atom is 0.212 e. The molecule has 5 heteroatoms. The molecule has 0 aliphatic rings. The van der Waals surface area contributed by atoms with Gasteiger partial charge in [0.2, 0.25) is 5.78 Å². The highest BCUT2D eigenvalue weighted by Gasteiger charge is 2.09. The van der Waals surface area contributed by atoms with E-state index in [0.29, 0.717) is 5.02 Å². The van der Waals surface area contributed by atoms with Crippen molar-refractivity contribution in [2.75, 3.05) is 7.05 Å². The van der Waals surface area contributed by atoms with Crippen LogP contribution in [0, 0.1) is 0 Å². The molecule has 2 N–H and O–H groups in total. The third-order valence-corrected chi connectivity index (χ3v) is 2.90. The fraction of sp³-hybridized carbons (Fsp3) is 0.182. The summed E-state index contributed by atoms with van der Waals surface area (Å²) < 4.78 is 2.02. The highest BCUT2D eigenvalue weighted by atomic mass is 35.5. The Morgan fingerprint density at radius 3 is 3.19 bits per heavy atom. The van der Waals surface area contributed by atoms with Gasteiger partial charge in [-0.15, -0.1) is 0 Å². The molecule has 0 bridgehead atoms. The molecular formula is C11H11ClN4. The summed E-state index contributed by atoms with van der Waals surface area (Å²) in [5.41, 5.74) is 2.97. The zero-order valence-electron chi connectivity index (χ0n) is 8.79. The number of para-hydroxylation sites is 1. The van der Waals surface area contributed by atoms with E-state index < -0.39 is 0 Å². The van der Waals surface area contributed by atoms with E-state index in [1.807, 2.05) is 35.8 Å². The molecule has 16 heavy (non-hydrogen) atoms. The third kappa shape index (κ3) is 1.31. The van der Waals surface area contributed by atoms with Gasteiger partial charge in [0, 0.05) is 18.4 Å². The summed E-state index contributed by atoms with van der Waals surface area (Å²) in [6, 6.07) is 5.80. The zero-order chi connectivity index (χ0) is 11.1. The third-order valence-electron chi connectivity index (χ3n) is 2.60. The van der Waals surface area contributed by atoms with Gasteiger partial charge in [-0.2, -0.15) is 0 Å². The second-order valence-electron chi connectivity index (χ2n) is 3.72. The molecule has 0 spiro atoms. The molecule has 0 saturated heterocycles. The summed E-state index contributed by atoms with van der Waals surface area (Å²) in [4.78, 5) is 7.71. The Kier molecular flexibility index (Phi) is 2.12. The van der Waals surface area contributed by atoms with E-state index >= 15 is 0 Å². The maximum atomic E-state index is 6.08. The average Bonchev–Trinajstić information content (AvgIpc) is 2.77. The van der Waals surface area contributed by atoms with Crippen molar-refractivity contribution in [2.45, 2.75) is 6.54 Å². The lowest BCUT2D eigenvalue weighted by Crippen LogP contribution is -2.04. The number of benzene rings is 1. The molecule has 0 saturated carbocycles. The molecule has 3 aromatic rings. The van der Waals surface area contributed by atoms with E-state index in [-0.39, 0.29) is 0 Å². The smallest absolute Gasteiger partial charge is 0.212 e. The Morgan fingerprint density at radius 2 is 2.38 bits per heavy atom. The summed E-state index contributed by atoms with van der Waals surface area (Å²) in [7, 11) is 1.92. The number of halogens is 1. The molecule has 1 aromatic carbocycles. The number of imidazole rings is 2. The van der Waals surface area contributed by atoms with Crippen LogP contribution < -0.4 is 5.32 Å². The Bertz CT molecular complexity index is 652. The molecule has 0 aliphatic heterocycles. The largest absolute Gasteiger partial charge is 0.326 e. The molecular weight excluding hydrogens is 224 g/mol. The predicted molar refractivity (Wildman–Crippen MR) is 64.8 cm³/mol. The van der Waals surface area contributed by atoms with Crippen LogP contribution in [0.2, 0.25) is 5.02 Å². The summed E-state index contributed by atoms with van der Waals surface area (Å²) in [6.45, 7) is 0.797. The van der Waals surface area contributed by atoms with Crippen molar-refractivity contribution >= 4 is 28.4 Å². The lowest BCUT2D eigenvalue weighted by molar-refractivity contribution is 0.797. The predicted octanol–water partition coefficient (Wildman–Crippen LogP) is 2.19. The molecule has 0 amide bonds. The minimum atomic E-state index is 0.685. The summed E-state index contributed by atoms with van der Waals surface area (Å²) >= 11 is 6.08. The van der Waals surface area contributed by atoms with Crippen molar-refractivity contribution in [3.8, 4) is 0 Å². The molecule has 0 radical (unpaired) electrons. The topological polar surface area (TPSA) is 45.1 Å². The number of hydrogen-bond acceptors (Lipinski definition) is 2. The van der Waals surface area contributed by atoms with Gasteiger partial charge in [-0.25, -0.2) is 4.98 Å². The average molecular weight is 235 g/mol. The summed E-state index contributed by atoms with van der Waals surface area (Å²) in [6.07, 6.45) is 2.04. The molecule has 2 aromatic heterocycles. The van der Waals surface area contributed by atoms with Crippen molar-refractivity contribution in [3.05, 3.63) is 35.1 Å². The number of nitrogens with zero attached hydrogens (tertiary/aromatic N) is 2. The van der Waals surface area contributed by atoms with Crippen LogP contribution >= 0.6 is 11.6 Å². The van der Waals surface area contributed by atoms with Gasteiger partial charge in [0.1, 0.15) is 5.52 Å². The summed E-state index contributed by atoms with van der Waals surface area (Å²) in [5, 5.41) is 3.78. The minimum absolute atomic E-state index is 0.685. The zero-order valence-corrected chi connectivity index (χ0v) is 9.54. The second-order valence-corrected chi connectivity index (χ2v) is 4.13. The Morgan fingerprint density at radius 1 is 1.50 bits per heavy atom. The SMILES string of the molecule is CNCc1cn2c(nc3c(Cl)cccc32)[nH]1. The van der Waals surface area contributed by atoms with Crippen LogP contribution in [-0.4, -0.2) is 21.4 Å². The van der Waals surface area contributed by atoms with Gasteiger partial charge in [0.25, 0.3) is 0 Å². The van der Waals surface area contributed by atoms with Gasteiger partial charge in [-0.1, -0.05) is 17.7 Å². The highest BCUT2D eigenvalue weighted by Crippen LogP contribution is 2.23. The summed E-state index contributed by atoms with van der Waals surface area (Å²) in [5.74, 6) is 0.827. The van der Waals surface area contributed by atoms with Crippen LogP contribution in [0.1, 0.15) is 5.69 Å². The lowest BCUT2D eigenvalue weighted by Gasteiger charge is -1.93. The standard InChI is InChI=1S/C11H11ClN4/c1-13-5-7-6-16-9-4-2-3-8(12)10(9)15-11(16)14-7/h2-4,6,13H,5H2,1H3,(H,14,15). The number of rotatable bonds is 2. The first-order valence-electron chi connectivity index (χ1n) is 5.08.